The normalized spacial score (nSPS) is 11.1. The Morgan fingerprint density at radius 3 is 2.77 bits per heavy atom. The van der Waals surface area contributed by atoms with E-state index >= 15 is 0 Å². The van der Waals surface area contributed by atoms with Crippen molar-refractivity contribution in [3.05, 3.63) is 75.8 Å². The molecule has 3 heterocycles. The molecule has 3 aromatic heterocycles. The van der Waals surface area contributed by atoms with Gasteiger partial charge in [0.25, 0.3) is 5.56 Å². The summed E-state index contributed by atoms with van der Waals surface area (Å²) in [5.41, 5.74) is 0.686. The first-order valence-electron chi connectivity index (χ1n) is 9.46. The van der Waals surface area contributed by atoms with Crippen molar-refractivity contribution in [3.63, 3.8) is 0 Å². The largest absolute Gasteiger partial charge is 0.466 e. The standard InChI is InChI=1S/C21H17F2N5O3/c1-2-31-17(29)8-13-10-25-19(26-21(13)30)18-15-4-3-7-24-20(15)28(27-18)11-12-5-6-14(22)9-16(12)23/h3-7,9-10H,2,8,11H2,1H3,(H,25,26,30). The lowest BCUT2D eigenvalue weighted by Gasteiger charge is -2.05. The van der Waals surface area contributed by atoms with Crippen molar-refractivity contribution in [1.29, 1.82) is 0 Å². The van der Waals surface area contributed by atoms with Crippen molar-refractivity contribution in [3.8, 4) is 11.5 Å². The Labute approximate surface area is 174 Å². The van der Waals surface area contributed by atoms with Gasteiger partial charge in [-0.25, -0.2) is 23.4 Å². The van der Waals surface area contributed by atoms with Gasteiger partial charge in [-0.3, -0.25) is 9.59 Å². The van der Waals surface area contributed by atoms with Crippen LogP contribution in [0.3, 0.4) is 0 Å². The zero-order valence-corrected chi connectivity index (χ0v) is 16.4. The zero-order valence-electron chi connectivity index (χ0n) is 16.4. The molecule has 0 spiro atoms. The molecule has 31 heavy (non-hydrogen) atoms. The predicted octanol–water partition coefficient (Wildman–Crippen LogP) is 2.61. The molecule has 0 fully saturated rings. The molecule has 158 valence electrons. The molecule has 0 bridgehead atoms. The number of hydrogen-bond donors (Lipinski definition) is 1. The SMILES string of the molecule is CCOC(=O)Cc1cnc(-c2nn(Cc3ccc(F)cc3F)c3ncccc23)[nH]c1=O. The van der Waals surface area contributed by atoms with E-state index in [1.807, 2.05) is 0 Å². The number of pyridine rings is 1. The third-order valence-corrected chi connectivity index (χ3v) is 4.58. The van der Waals surface area contributed by atoms with Crippen LogP contribution in [0.15, 0.2) is 47.5 Å². The number of nitrogens with one attached hydrogen (secondary N) is 1. The zero-order chi connectivity index (χ0) is 22.0. The van der Waals surface area contributed by atoms with E-state index in [9.17, 15) is 18.4 Å². The van der Waals surface area contributed by atoms with E-state index in [2.05, 4.69) is 20.1 Å². The number of benzene rings is 1. The minimum absolute atomic E-state index is 0.00476. The molecule has 0 aliphatic rings. The summed E-state index contributed by atoms with van der Waals surface area (Å²) in [6, 6.07) is 6.75. The van der Waals surface area contributed by atoms with Crippen LogP contribution in [-0.2, 0) is 22.5 Å². The second-order valence-electron chi connectivity index (χ2n) is 6.68. The number of carbonyl (C=O) groups is 1. The molecule has 4 rings (SSSR count). The molecule has 0 saturated heterocycles. The van der Waals surface area contributed by atoms with Crippen LogP contribution in [0.5, 0.6) is 0 Å². The molecular formula is C21H17F2N5O3. The smallest absolute Gasteiger partial charge is 0.310 e. The number of ether oxygens (including phenoxy) is 1. The molecule has 0 unspecified atom stereocenters. The monoisotopic (exact) mass is 425 g/mol. The second-order valence-corrected chi connectivity index (χ2v) is 6.68. The van der Waals surface area contributed by atoms with Gasteiger partial charge in [0, 0.05) is 29.6 Å². The number of esters is 1. The Morgan fingerprint density at radius 1 is 1.19 bits per heavy atom. The van der Waals surface area contributed by atoms with Crippen LogP contribution in [-0.4, -0.2) is 37.3 Å². The number of nitrogens with zero attached hydrogens (tertiary/aromatic N) is 4. The Hall–Kier alpha value is -3.95. The molecule has 8 nitrogen and oxygen atoms in total. The van der Waals surface area contributed by atoms with Gasteiger partial charge in [-0.1, -0.05) is 6.07 Å². The average molecular weight is 425 g/mol. The van der Waals surface area contributed by atoms with Crippen LogP contribution in [0.2, 0.25) is 0 Å². The van der Waals surface area contributed by atoms with Gasteiger partial charge in [-0.2, -0.15) is 5.10 Å². The summed E-state index contributed by atoms with van der Waals surface area (Å²) in [7, 11) is 0. The lowest BCUT2D eigenvalue weighted by atomic mass is 10.2. The van der Waals surface area contributed by atoms with Crippen molar-refractivity contribution in [2.24, 2.45) is 0 Å². The number of rotatable bonds is 6. The summed E-state index contributed by atoms with van der Waals surface area (Å²) in [5, 5.41) is 5.04. The van der Waals surface area contributed by atoms with E-state index in [0.29, 0.717) is 16.7 Å². The molecule has 1 N–H and O–H groups in total. The highest BCUT2D eigenvalue weighted by Gasteiger charge is 2.18. The van der Waals surface area contributed by atoms with Gasteiger partial charge < -0.3 is 9.72 Å². The van der Waals surface area contributed by atoms with Crippen molar-refractivity contribution in [1.82, 2.24) is 24.7 Å². The fourth-order valence-electron chi connectivity index (χ4n) is 3.14. The first-order valence-corrected chi connectivity index (χ1v) is 9.46. The Balaban J connectivity index is 1.73. The van der Waals surface area contributed by atoms with Crippen LogP contribution in [0.1, 0.15) is 18.1 Å². The van der Waals surface area contributed by atoms with Crippen LogP contribution in [0, 0.1) is 11.6 Å². The van der Waals surface area contributed by atoms with Gasteiger partial charge in [0.15, 0.2) is 11.5 Å². The summed E-state index contributed by atoms with van der Waals surface area (Å²) in [6.45, 7) is 1.90. The fourth-order valence-corrected chi connectivity index (χ4v) is 3.14. The molecule has 1 aromatic carbocycles. The number of H-pyrrole nitrogens is 1. The first-order chi connectivity index (χ1) is 15.0. The van der Waals surface area contributed by atoms with Crippen molar-refractivity contribution >= 4 is 17.0 Å². The molecule has 0 aliphatic heterocycles. The summed E-state index contributed by atoms with van der Waals surface area (Å²) in [5.74, 6) is -1.72. The van der Waals surface area contributed by atoms with Gasteiger partial charge in [-0.15, -0.1) is 0 Å². The molecule has 0 amide bonds. The predicted molar refractivity (Wildman–Crippen MR) is 107 cm³/mol. The first kappa shape index (κ1) is 20.3. The lowest BCUT2D eigenvalue weighted by Crippen LogP contribution is -2.19. The van der Waals surface area contributed by atoms with E-state index in [1.54, 1.807) is 25.3 Å². The van der Waals surface area contributed by atoms with Crippen LogP contribution < -0.4 is 5.56 Å². The van der Waals surface area contributed by atoms with Gasteiger partial charge in [0.05, 0.1) is 25.0 Å². The maximum atomic E-state index is 14.1. The summed E-state index contributed by atoms with van der Waals surface area (Å²) >= 11 is 0. The van der Waals surface area contributed by atoms with E-state index < -0.39 is 23.2 Å². The number of aromatic nitrogens is 5. The molecule has 10 heteroatoms. The number of aromatic amines is 1. The highest BCUT2D eigenvalue weighted by Crippen LogP contribution is 2.24. The fraction of sp³-hybridized carbons (Fsp3) is 0.190. The van der Waals surface area contributed by atoms with E-state index in [1.165, 1.54) is 23.0 Å². The maximum Gasteiger partial charge on any atom is 0.310 e. The molecular weight excluding hydrogens is 408 g/mol. The summed E-state index contributed by atoms with van der Waals surface area (Å²) in [6.07, 6.45) is 2.66. The van der Waals surface area contributed by atoms with E-state index in [-0.39, 0.29) is 36.5 Å². The quantitative estimate of drug-likeness (QED) is 0.477. The molecule has 0 aliphatic carbocycles. The third kappa shape index (κ3) is 4.18. The van der Waals surface area contributed by atoms with Crippen LogP contribution in [0.4, 0.5) is 8.78 Å². The Kier molecular flexibility index (Phi) is 5.52. The van der Waals surface area contributed by atoms with Gasteiger partial charge in [0.2, 0.25) is 0 Å². The number of halogens is 2. The molecule has 4 aromatic rings. The molecule has 0 radical (unpaired) electrons. The third-order valence-electron chi connectivity index (χ3n) is 4.58. The summed E-state index contributed by atoms with van der Waals surface area (Å²) in [4.78, 5) is 35.2. The van der Waals surface area contributed by atoms with Gasteiger partial charge in [0.1, 0.15) is 17.3 Å². The summed E-state index contributed by atoms with van der Waals surface area (Å²) < 4.78 is 33.6. The van der Waals surface area contributed by atoms with E-state index in [4.69, 9.17) is 4.74 Å². The van der Waals surface area contributed by atoms with Crippen LogP contribution >= 0.6 is 0 Å². The van der Waals surface area contributed by atoms with Gasteiger partial charge >= 0.3 is 5.97 Å². The van der Waals surface area contributed by atoms with E-state index in [0.717, 1.165) is 6.07 Å². The minimum Gasteiger partial charge on any atom is -0.466 e. The Morgan fingerprint density at radius 2 is 2.03 bits per heavy atom. The average Bonchev–Trinajstić information content (AvgIpc) is 3.10. The highest BCUT2D eigenvalue weighted by atomic mass is 19.1. The number of hydrogen-bond acceptors (Lipinski definition) is 6. The van der Waals surface area contributed by atoms with Crippen LogP contribution in [0.25, 0.3) is 22.6 Å². The lowest BCUT2D eigenvalue weighted by molar-refractivity contribution is -0.142. The molecule has 0 atom stereocenters. The molecule has 0 saturated carbocycles. The number of carbonyl (C=O) groups excluding carboxylic acids is 1. The van der Waals surface area contributed by atoms with Gasteiger partial charge in [-0.05, 0) is 25.1 Å². The van der Waals surface area contributed by atoms with Crippen molar-refractivity contribution in [2.75, 3.05) is 6.61 Å². The topological polar surface area (TPSA) is 103 Å². The maximum absolute atomic E-state index is 14.1. The van der Waals surface area contributed by atoms with Crippen molar-refractivity contribution < 1.29 is 18.3 Å². The highest BCUT2D eigenvalue weighted by molar-refractivity contribution is 5.89. The van der Waals surface area contributed by atoms with Crippen molar-refractivity contribution in [2.45, 2.75) is 19.9 Å². The minimum atomic E-state index is -0.698. The second kappa shape index (κ2) is 8.42. The Bertz CT molecular complexity index is 1330. The number of fused-ring (bicyclic) bond motifs is 1.